The molecule has 146 valence electrons. The summed E-state index contributed by atoms with van der Waals surface area (Å²) in [6.45, 7) is 7.72. The van der Waals surface area contributed by atoms with E-state index in [0.717, 1.165) is 19.6 Å². The van der Waals surface area contributed by atoms with Crippen LogP contribution in [0, 0.1) is 0 Å². The predicted molar refractivity (Wildman–Crippen MR) is 116 cm³/mol. The molecule has 4 rings (SSSR count). The number of hydrogen-bond donors (Lipinski definition) is 0. The van der Waals surface area contributed by atoms with Gasteiger partial charge in [-0.1, -0.05) is 18.2 Å². The van der Waals surface area contributed by atoms with Crippen LogP contribution < -0.4 is 0 Å². The van der Waals surface area contributed by atoms with Gasteiger partial charge in [-0.3, -0.25) is 3.97 Å². The van der Waals surface area contributed by atoms with Crippen molar-refractivity contribution >= 4 is 47.7 Å². The predicted octanol–water partition coefficient (Wildman–Crippen LogP) is 3.69. The molecule has 1 fully saturated rings. The van der Waals surface area contributed by atoms with Gasteiger partial charge in [0.2, 0.25) is 0 Å². The fourth-order valence-corrected chi connectivity index (χ4v) is 4.85. The summed E-state index contributed by atoms with van der Waals surface area (Å²) in [5.74, 6) is 1.18. The highest BCUT2D eigenvalue weighted by Gasteiger charge is 2.20. The highest BCUT2D eigenvalue weighted by Crippen LogP contribution is 2.33. The minimum atomic E-state index is 0. The summed E-state index contributed by atoms with van der Waals surface area (Å²) in [4.78, 5) is 5.03. The Hall–Kier alpha value is -0.430. The number of aromatic nitrogens is 1. The number of ether oxygens (including phenoxy) is 1. The molecule has 2 aliphatic heterocycles. The van der Waals surface area contributed by atoms with E-state index in [9.17, 15) is 0 Å². The molecule has 1 aromatic heterocycles. The zero-order valence-corrected chi connectivity index (χ0v) is 17.8. The average molecular weight is 418 g/mol. The minimum absolute atomic E-state index is 0. The molecule has 2 aliphatic rings. The second kappa shape index (κ2) is 10.2. The lowest BCUT2D eigenvalue weighted by molar-refractivity contribution is 0.111. The van der Waals surface area contributed by atoms with E-state index in [1.807, 2.05) is 11.9 Å². The summed E-state index contributed by atoms with van der Waals surface area (Å²) >= 11 is 1.98. The van der Waals surface area contributed by atoms with Crippen molar-refractivity contribution in [3.05, 3.63) is 35.5 Å². The molecule has 1 aromatic carbocycles. The number of hydrogen-bond acceptors (Lipinski definition) is 4. The molecule has 0 N–H and O–H groups in total. The topological polar surface area (TPSA) is 20.6 Å². The van der Waals surface area contributed by atoms with E-state index < -0.39 is 0 Å². The number of likely N-dealkylation sites (N-methyl/N-ethyl adjacent to an activating group) is 1. The maximum atomic E-state index is 5.70. The SMILES string of the molecule is CN1CCN(CCCSn2c3c(c4ccccc42)COCC3)CC1.Cl.Cl. The zero-order chi connectivity index (χ0) is 16.4. The lowest BCUT2D eigenvalue weighted by Gasteiger charge is -2.32. The van der Waals surface area contributed by atoms with Crippen molar-refractivity contribution in [1.82, 2.24) is 13.8 Å². The maximum Gasteiger partial charge on any atom is 0.0741 e. The average Bonchev–Trinajstić information content (AvgIpc) is 2.95. The second-order valence-electron chi connectivity index (χ2n) is 6.87. The minimum Gasteiger partial charge on any atom is -0.376 e. The third-order valence-electron chi connectivity index (χ3n) is 5.21. The first kappa shape index (κ1) is 21.9. The summed E-state index contributed by atoms with van der Waals surface area (Å²) in [6.07, 6.45) is 2.29. The van der Waals surface area contributed by atoms with Crippen molar-refractivity contribution in [3.63, 3.8) is 0 Å². The van der Waals surface area contributed by atoms with Gasteiger partial charge in [0.15, 0.2) is 0 Å². The van der Waals surface area contributed by atoms with Crippen LogP contribution in [0.25, 0.3) is 10.9 Å². The summed E-state index contributed by atoms with van der Waals surface area (Å²) in [5, 5.41) is 1.37. The third-order valence-corrected chi connectivity index (χ3v) is 6.35. The molecule has 0 radical (unpaired) electrons. The third kappa shape index (κ3) is 4.70. The second-order valence-corrected chi connectivity index (χ2v) is 7.90. The van der Waals surface area contributed by atoms with Gasteiger partial charge in [-0.25, -0.2) is 0 Å². The molecule has 1 saturated heterocycles. The molecule has 0 spiro atoms. The molecule has 4 nitrogen and oxygen atoms in total. The number of piperazine rings is 1. The van der Waals surface area contributed by atoms with Gasteiger partial charge in [-0.2, -0.15) is 0 Å². The van der Waals surface area contributed by atoms with Crippen molar-refractivity contribution in [2.75, 3.05) is 52.1 Å². The fourth-order valence-electron chi connectivity index (χ4n) is 3.75. The normalized spacial score (nSPS) is 18.2. The molecule has 0 amide bonds. The van der Waals surface area contributed by atoms with Crippen molar-refractivity contribution in [1.29, 1.82) is 0 Å². The monoisotopic (exact) mass is 417 g/mol. The van der Waals surface area contributed by atoms with Crippen LogP contribution in [0.3, 0.4) is 0 Å². The van der Waals surface area contributed by atoms with Gasteiger partial charge in [-0.05, 0) is 38.0 Å². The molecule has 26 heavy (non-hydrogen) atoms. The van der Waals surface area contributed by atoms with Crippen molar-refractivity contribution in [3.8, 4) is 0 Å². The Morgan fingerprint density at radius 1 is 1.08 bits per heavy atom. The van der Waals surface area contributed by atoms with Gasteiger partial charge in [-0.15, -0.1) is 24.8 Å². The number of halogens is 2. The van der Waals surface area contributed by atoms with Gasteiger partial charge >= 0.3 is 0 Å². The lowest BCUT2D eigenvalue weighted by atomic mass is 10.1. The number of fused-ring (bicyclic) bond motifs is 3. The molecule has 0 bridgehead atoms. The Morgan fingerprint density at radius 2 is 1.85 bits per heavy atom. The van der Waals surface area contributed by atoms with Crippen LogP contribution in [-0.2, 0) is 17.8 Å². The van der Waals surface area contributed by atoms with E-state index in [1.54, 1.807) is 0 Å². The maximum absolute atomic E-state index is 5.70. The van der Waals surface area contributed by atoms with Crippen molar-refractivity contribution in [2.45, 2.75) is 19.4 Å². The van der Waals surface area contributed by atoms with E-state index in [0.29, 0.717) is 0 Å². The molecule has 0 saturated carbocycles. The Bertz CT molecular complexity index is 701. The van der Waals surface area contributed by atoms with E-state index in [4.69, 9.17) is 4.74 Å². The van der Waals surface area contributed by atoms with Crippen LogP contribution in [0.5, 0.6) is 0 Å². The molecule has 7 heteroatoms. The first-order chi connectivity index (χ1) is 11.8. The highest BCUT2D eigenvalue weighted by atomic mass is 35.5. The summed E-state index contributed by atoms with van der Waals surface area (Å²) in [7, 11) is 2.22. The molecule has 2 aromatic rings. The van der Waals surface area contributed by atoms with Gasteiger partial charge < -0.3 is 14.5 Å². The number of benzene rings is 1. The fraction of sp³-hybridized carbons (Fsp3) is 0.579. The first-order valence-corrected chi connectivity index (χ1v) is 10.0. The molecule has 3 heterocycles. The Balaban J connectivity index is 0.00000121. The van der Waals surface area contributed by atoms with Crippen LogP contribution in [-0.4, -0.2) is 65.9 Å². The molecule has 0 aliphatic carbocycles. The Labute approximate surface area is 173 Å². The van der Waals surface area contributed by atoms with E-state index in [1.165, 1.54) is 67.1 Å². The first-order valence-electron chi connectivity index (χ1n) is 9.06. The molecule has 0 atom stereocenters. The largest absolute Gasteiger partial charge is 0.376 e. The van der Waals surface area contributed by atoms with Crippen LogP contribution >= 0.6 is 36.8 Å². The van der Waals surface area contributed by atoms with E-state index >= 15 is 0 Å². The van der Waals surface area contributed by atoms with Gasteiger partial charge in [0.25, 0.3) is 0 Å². The highest BCUT2D eigenvalue weighted by molar-refractivity contribution is 7.98. The summed E-state index contributed by atoms with van der Waals surface area (Å²) in [5.41, 5.74) is 4.24. The number of rotatable bonds is 5. The smallest absolute Gasteiger partial charge is 0.0741 e. The molecular formula is C19H29Cl2N3OS. The Morgan fingerprint density at radius 3 is 2.65 bits per heavy atom. The quantitative estimate of drug-likeness (QED) is 0.690. The Kier molecular flexibility index (Phi) is 8.58. The van der Waals surface area contributed by atoms with Crippen LogP contribution in [0.4, 0.5) is 0 Å². The van der Waals surface area contributed by atoms with Gasteiger partial charge in [0.1, 0.15) is 0 Å². The summed E-state index contributed by atoms with van der Waals surface area (Å²) < 4.78 is 8.18. The molecular weight excluding hydrogens is 389 g/mol. The number of nitrogens with zero attached hydrogens (tertiary/aromatic N) is 3. The van der Waals surface area contributed by atoms with Crippen LogP contribution in [0.15, 0.2) is 24.3 Å². The van der Waals surface area contributed by atoms with E-state index in [-0.39, 0.29) is 24.8 Å². The van der Waals surface area contributed by atoms with Gasteiger partial charge in [0.05, 0.1) is 18.7 Å². The van der Waals surface area contributed by atoms with E-state index in [2.05, 4.69) is 45.1 Å². The van der Waals surface area contributed by atoms with Crippen molar-refractivity contribution in [2.24, 2.45) is 0 Å². The standard InChI is InChI=1S/C19H27N3OS.2ClH/c1-20-9-11-21(12-10-20)8-4-14-24-22-18-6-3-2-5-16(18)17-15-23-13-7-19(17)22;;/h2-3,5-6H,4,7-15H2,1H3;2*1H. The van der Waals surface area contributed by atoms with Gasteiger partial charge in [0, 0.05) is 55.0 Å². The van der Waals surface area contributed by atoms with Crippen LogP contribution in [0.2, 0.25) is 0 Å². The van der Waals surface area contributed by atoms with Crippen molar-refractivity contribution < 1.29 is 4.74 Å². The summed E-state index contributed by atoms with van der Waals surface area (Å²) in [6, 6.07) is 8.78. The lowest BCUT2D eigenvalue weighted by Crippen LogP contribution is -2.44. The van der Waals surface area contributed by atoms with Crippen LogP contribution in [0.1, 0.15) is 17.7 Å². The number of para-hydroxylation sites is 1. The zero-order valence-electron chi connectivity index (χ0n) is 15.4. The molecule has 0 unspecified atom stereocenters.